The first kappa shape index (κ1) is 22.1. The average molecular weight is 440 g/mol. The number of aliphatic imine (C=N–C) groups is 1. The van der Waals surface area contributed by atoms with Crippen LogP contribution in [-0.2, 0) is 0 Å². The van der Waals surface area contributed by atoms with Gasteiger partial charge in [0.05, 0.1) is 18.6 Å². The highest BCUT2D eigenvalue weighted by molar-refractivity contribution is 7.13. The summed E-state index contributed by atoms with van der Waals surface area (Å²) in [6, 6.07) is 11.6. The van der Waals surface area contributed by atoms with Crippen LogP contribution in [0.5, 0.6) is 5.75 Å². The van der Waals surface area contributed by atoms with Gasteiger partial charge in [-0.25, -0.2) is 4.99 Å². The molecule has 3 atom stereocenters. The lowest BCUT2D eigenvalue weighted by Crippen LogP contribution is -2.43. The fourth-order valence-electron chi connectivity index (χ4n) is 4.74. The Kier molecular flexibility index (Phi) is 7.10. The van der Waals surface area contributed by atoms with Gasteiger partial charge >= 0.3 is 0 Å². The van der Waals surface area contributed by atoms with Crippen molar-refractivity contribution >= 4 is 34.6 Å². The summed E-state index contributed by atoms with van der Waals surface area (Å²) in [5, 5.41) is 12.5. The summed E-state index contributed by atoms with van der Waals surface area (Å²) in [6.07, 6.45) is 9.73. The molecule has 2 aliphatic rings. The number of ether oxygens (including phenoxy) is 1. The first-order valence-corrected chi connectivity index (χ1v) is 12.1. The number of thiophene rings is 1. The highest BCUT2D eigenvalue weighted by Gasteiger charge is 2.39. The monoisotopic (exact) mass is 439 g/mol. The smallest absolute Gasteiger partial charge is 0.119 e. The van der Waals surface area contributed by atoms with Crippen molar-refractivity contribution in [1.29, 1.82) is 0 Å². The van der Waals surface area contributed by atoms with Gasteiger partial charge in [0, 0.05) is 27.5 Å². The van der Waals surface area contributed by atoms with E-state index in [9.17, 15) is 5.11 Å². The number of nitrogens with zero attached hydrogens (tertiary/aromatic N) is 2. The summed E-state index contributed by atoms with van der Waals surface area (Å²) in [6.45, 7) is 4.25. The van der Waals surface area contributed by atoms with Crippen molar-refractivity contribution in [2.45, 2.75) is 64.1 Å². The third kappa shape index (κ3) is 5.20. The number of hydrogen-bond donors (Lipinski definition) is 2. The van der Waals surface area contributed by atoms with Crippen LogP contribution in [0.15, 0.2) is 41.4 Å². The normalized spacial score (nSPS) is 24.1. The minimum atomic E-state index is 0.0684. The molecule has 6 heteroatoms. The molecule has 0 spiro atoms. The van der Waals surface area contributed by atoms with Crippen molar-refractivity contribution in [3.8, 4) is 5.75 Å². The molecule has 0 radical (unpaired) electrons. The van der Waals surface area contributed by atoms with E-state index in [2.05, 4.69) is 42.2 Å². The van der Waals surface area contributed by atoms with Crippen molar-refractivity contribution in [2.75, 3.05) is 19.0 Å². The SMILES string of the molecule is CC/C(=C\CO)c1cc(N=CNc2ccc(OC3CC4CC[C@@H](C3)N4C)cc2)c(C)s1. The Morgan fingerprint density at radius 1 is 1.26 bits per heavy atom. The van der Waals surface area contributed by atoms with Crippen LogP contribution in [0.3, 0.4) is 0 Å². The molecule has 0 amide bonds. The van der Waals surface area contributed by atoms with Gasteiger partial charge in [-0.15, -0.1) is 11.3 Å². The van der Waals surface area contributed by atoms with Crippen molar-refractivity contribution in [3.63, 3.8) is 0 Å². The quantitative estimate of drug-likeness (QED) is 0.414. The van der Waals surface area contributed by atoms with Gasteiger partial charge < -0.3 is 20.1 Å². The Bertz CT molecular complexity index is 921. The number of nitrogens with one attached hydrogen (secondary N) is 1. The second-order valence-corrected chi connectivity index (χ2v) is 9.76. The van der Waals surface area contributed by atoms with Crippen LogP contribution in [0.25, 0.3) is 5.57 Å². The maximum atomic E-state index is 9.20. The number of rotatable bonds is 8. The maximum Gasteiger partial charge on any atom is 0.119 e. The molecule has 2 bridgehead atoms. The lowest BCUT2D eigenvalue weighted by atomic mass is 10.0. The summed E-state index contributed by atoms with van der Waals surface area (Å²) < 4.78 is 6.27. The number of benzene rings is 1. The summed E-state index contributed by atoms with van der Waals surface area (Å²) in [7, 11) is 2.26. The van der Waals surface area contributed by atoms with Crippen LogP contribution in [-0.4, -0.2) is 48.2 Å². The van der Waals surface area contributed by atoms with Crippen molar-refractivity contribution in [2.24, 2.45) is 4.99 Å². The second-order valence-electron chi connectivity index (χ2n) is 8.51. The Balaban J connectivity index is 1.32. The van der Waals surface area contributed by atoms with Gasteiger partial charge in [0.25, 0.3) is 0 Å². The van der Waals surface area contributed by atoms with E-state index in [1.807, 2.05) is 30.3 Å². The number of hydrogen-bond acceptors (Lipinski definition) is 5. The fraction of sp³-hybridized carbons (Fsp3) is 0.480. The van der Waals surface area contributed by atoms with Crippen LogP contribution in [0.2, 0.25) is 0 Å². The van der Waals surface area contributed by atoms with E-state index in [1.165, 1.54) is 28.2 Å². The van der Waals surface area contributed by atoms with Crippen molar-refractivity contribution < 1.29 is 9.84 Å². The molecule has 1 aromatic carbocycles. The Morgan fingerprint density at radius 2 is 1.97 bits per heavy atom. The lowest BCUT2D eigenvalue weighted by molar-refractivity contribution is 0.0662. The predicted octanol–water partition coefficient (Wildman–Crippen LogP) is 5.62. The third-order valence-corrected chi connectivity index (χ3v) is 7.69. The Labute approximate surface area is 189 Å². The topological polar surface area (TPSA) is 57.1 Å². The van der Waals surface area contributed by atoms with Gasteiger partial charge in [-0.1, -0.05) is 13.0 Å². The lowest BCUT2D eigenvalue weighted by Gasteiger charge is -2.36. The van der Waals surface area contributed by atoms with E-state index < -0.39 is 0 Å². The molecule has 2 N–H and O–H groups in total. The molecule has 2 aromatic rings. The molecule has 1 aromatic heterocycles. The third-order valence-electron chi connectivity index (χ3n) is 6.57. The predicted molar refractivity (Wildman–Crippen MR) is 131 cm³/mol. The minimum absolute atomic E-state index is 0.0684. The first-order chi connectivity index (χ1) is 15.1. The molecule has 0 aliphatic carbocycles. The number of fused-ring (bicyclic) bond motifs is 2. The van der Waals surface area contributed by atoms with Gasteiger partial charge in [-0.2, -0.15) is 0 Å². The maximum absolute atomic E-state index is 9.20. The van der Waals surface area contributed by atoms with E-state index in [4.69, 9.17) is 4.74 Å². The number of anilines is 1. The largest absolute Gasteiger partial charge is 0.490 e. The Hall–Kier alpha value is -2.15. The fourth-order valence-corrected chi connectivity index (χ4v) is 5.82. The first-order valence-electron chi connectivity index (χ1n) is 11.3. The van der Waals surface area contributed by atoms with E-state index in [-0.39, 0.29) is 6.61 Å². The van der Waals surface area contributed by atoms with Crippen LogP contribution in [0.4, 0.5) is 11.4 Å². The number of aliphatic hydroxyl groups is 1. The number of piperidine rings is 1. The molecule has 4 rings (SSSR count). The zero-order valence-electron chi connectivity index (χ0n) is 18.7. The molecule has 2 aliphatic heterocycles. The second kappa shape index (κ2) is 9.98. The zero-order chi connectivity index (χ0) is 21.8. The van der Waals surface area contributed by atoms with Crippen molar-refractivity contribution in [3.05, 3.63) is 46.2 Å². The molecule has 3 heterocycles. The Morgan fingerprint density at radius 3 is 2.61 bits per heavy atom. The molecule has 2 unspecified atom stereocenters. The standard InChI is InChI=1S/C25H33N3O2S/c1-4-18(11-12-29)25-15-24(17(2)31-25)27-16-26-19-5-9-22(10-6-19)30-23-13-20-7-8-21(14-23)28(20)3/h5-6,9-11,15-16,20-21,23,29H,4,7-8,12-14H2,1-3H3,(H,26,27)/b18-11+/t20-,21?,23?/m0/s1. The van der Waals surface area contributed by atoms with Crippen LogP contribution in [0.1, 0.15) is 48.8 Å². The zero-order valence-corrected chi connectivity index (χ0v) is 19.5. The molecule has 31 heavy (non-hydrogen) atoms. The van der Waals surface area contributed by atoms with Gasteiger partial charge in [-0.05, 0) is 82.0 Å². The van der Waals surface area contributed by atoms with Crippen molar-refractivity contribution in [1.82, 2.24) is 4.90 Å². The number of allylic oxidation sites excluding steroid dienone is 1. The summed E-state index contributed by atoms with van der Waals surface area (Å²) in [4.78, 5) is 9.47. The summed E-state index contributed by atoms with van der Waals surface area (Å²) in [5.41, 5.74) is 3.11. The molecule has 2 saturated heterocycles. The van der Waals surface area contributed by atoms with E-state index in [0.29, 0.717) is 18.2 Å². The number of aliphatic hydroxyl groups excluding tert-OH is 1. The van der Waals surface area contributed by atoms with Crippen LogP contribution < -0.4 is 10.1 Å². The average Bonchev–Trinajstić information content (AvgIpc) is 3.21. The van der Waals surface area contributed by atoms with Crippen LogP contribution in [0, 0.1) is 6.92 Å². The number of aryl methyl sites for hydroxylation is 1. The van der Waals surface area contributed by atoms with E-state index >= 15 is 0 Å². The van der Waals surface area contributed by atoms with E-state index in [1.54, 1.807) is 17.7 Å². The molecule has 5 nitrogen and oxygen atoms in total. The molecule has 166 valence electrons. The van der Waals surface area contributed by atoms with Gasteiger partial charge in [0.1, 0.15) is 11.9 Å². The molecule has 2 fully saturated rings. The van der Waals surface area contributed by atoms with Gasteiger partial charge in [0.15, 0.2) is 0 Å². The van der Waals surface area contributed by atoms with Gasteiger partial charge in [0.2, 0.25) is 0 Å². The van der Waals surface area contributed by atoms with E-state index in [0.717, 1.165) is 36.4 Å². The summed E-state index contributed by atoms with van der Waals surface area (Å²) in [5.74, 6) is 0.942. The van der Waals surface area contributed by atoms with Gasteiger partial charge in [-0.3, -0.25) is 0 Å². The van der Waals surface area contributed by atoms with Crippen LogP contribution >= 0.6 is 11.3 Å². The highest BCUT2D eigenvalue weighted by atomic mass is 32.1. The molecular formula is C25H33N3O2S. The summed E-state index contributed by atoms with van der Waals surface area (Å²) >= 11 is 1.72. The molecule has 0 saturated carbocycles. The minimum Gasteiger partial charge on any atom is -0.490 e. The molecular weight excluding hydrogens is 406 g/mol. The highest BCUT2D eigenvalue weighted by Crippen LogP contribution is 2.36.